The van der Waals surface area contributed by atoms with Crippen LogP contribution in [0.25, 0.3) is 0 Å². The molecule has 0 amide bonds. The molecule has 0 bridgehead atoms. The van der Waals surface area contributed by atoms with E-state index < -0.39 is 5.82 Å². The Bertz CT molecular complexity index is 482. The van der Waals surface area contributed by atoms with Gasteiger partial charge in [0.2, 0.25) is 0 Å². The van der Waals surface area contributed by atoms with Crippen molar-refractivity contribution in [3.8, 4) is 5.75 Å². The maximum Gasteiger partial charge on any atom is 0.162 e. The lowest BCUT2D eigenvalue weighted by Gasteiger charge is -2.19. The molecule has 0 N–H and O–H groups in total. The first-order valence-corrected chi connectivity index (χ1v) is 6.48. The van der Waals surface area contributed by atoms with Crippen molar-refractivity contribution >= 4 is 5.78 Å². The van der Waals surface area contributed by atoms with E-state index in [2.05, 4.69) is 0 Å². The first kappa shape index (κ1) is 14.0. The van der Waals surface area contributed by atoms with Gasteiger partial charge in [-0.25, -0.2) is 4.39 Å². The van der Waals surface area contributed by atoms with Crippen LogP contribution < -0.4 is 4.74 Å². The van der Waals surface area contributed by atoms with Gasteiger partial charge in [-0.2, -0.15) is 0 Å². The highest BCUT2D eigenvalue weighted by molar-refractivity contribution is 5.94. The van der Waals surface area contributed by atoms with E-state index in [0.29, 0.717) is 12.4 Å². The Morgan fingerprint density at radius 1 is 1.53 bits per heavy atom. The van der Waals surface area contributed by atoms with E-state index in [-0.39, 0.29) is 23.1 Å². The largest absolute Gasteiger partial charge is 0.491 e. The molecular weight excluding hydrogens is 247 g/mol. The lowest BCUT2D eigenvalue weighted by Crippen LogP contribution is -2.23. The van der Waals surface area contributed by atoms with Crippen LogP contribution in [0.4, 0.5) is 4.39 Å². The number of hydrogen-bond donors (Lipinski definition) is 0. The zero-order valence-electron chi connectivity index (χ0n) is 11.5. The topological polar surface area (TPSA) is 35.5 Å². The molecule has 1 aliphatic heterocycles. The summed E-state index contributed by atoms with van der Waals surface area (Å²) in [6.07, 6.45) is 1.99. The van der Waals surface area contributed by atoms with E-state index in [9.17, 15) is 9.18 Å². The molecule has 3 nitrogen and oxygen atoms in total. The predicted molar refractivity (Wildman–Crippen MR) is 70.1 cm³/mol. The van der Waals surface area contributed by atoms with Gasteiger partial charge >= 0.3 is 0 Å². The Kier molecular flexibility index (Phi) is 3.90. The van der Waals surface area contributed by atoms with E-state index >= 15 is 0 Å². The number of hydrogen-bond acceptors (Lipinski definition) is 3. The van der Waals surface area contributed by atoms with Crippen molar-refractivity contribution in [2.45, 2.75) is 45.3 Å². The Hall–Kier alpha value is -1.42. The molecule has 0 saturated carbocycles. The second-order valence-electron chi connectivity index (χ2n) is 5.55. The number of benzene rings is 1. The average molecular weight is 266 g/mol. The standard InChI is InChI=1S/C15H19FO3/c1-10(17)13-5-4-11(8-14(13)16)18-9-12-6-7-15(2,3)19-12/h4-5,8,12H,6-7,9H2,1-3H3. The Morgan fingerprint density at radius 3 is 2.79 bits per heavy atom. The minimum atomic E-state index is -0.544. The summed E-state index contributed by atoms with van der Waals surface area (Å²) < 4.78 is 24.9. The maximum absolute atomic E-state index is 13.6. The van der Waals surface area contributed by atoms with Gasteiger partial charge in [-0.15, -0.1) is 0 Å². The molecule has 1 atom stereocenters. The fourth-order valence-corrected chi connectivity index (χ4v) is 2.26. The van der Waals surface area contributed by atoms with Crippen LogP contribution in [0.3, 0.4) is 0 Å². The van der Waals surface area contributed by atoms with Crippen LogP contribution in [-0.4, -0.2) is 24.1 Å². The Balaban J connectivity index is 1.94. The number of ether oxygens (including phenoxy) is 2. The first-order valence-electron chi connectivity index (χ1n) is 6.48. The Labute approximate surface area is 112 Å². The summed E-state index contributed by atoms with van der Waals surface area (Å²) in [5.74, 6) is -0.404. The summed E-state index contributed by atoms with van der Waals surface area (Å²) in [6, 6.07) is 4.31. The third-order valence-electron chi connectivity index (χ3n) is 3.31. The molecule has 1 aliphatic rings. The van der Waals surface area contributed by atoms with Crippen LogP contribution in [0, 0.1) is 5.82 Å². The zero-order chi connectivity index (χ0) is 14.0. The molecule has 1 aromatic rings. The fraction of sp³-hybridized carbons (Fsp3) is 0.533. The molecule has 104 valence electrons. The summed E-state index contributed by atoms with van der Waals surface area (Å²) in [4.78, 5) is 11.1. The zero-order valence-corrected chi connectivity index (χ0v) is 11.5. The van der Waals surface area contributed by atoms with Gasteiger partial charge in [-0.05, 0) is 45.7 Å². The molecule has 1 aromatic carbocycles. The van der Waals surface area contributed by atoms with E-state index in [1.165, 1.54) is 19.1 Å². The molecule has 1 saturated heterocycles. The second-order valence-corrected chi connectivity index (χ2v) is 5.55. The molecule has 0 aromatic heterocycles. The van der Waals surface area contributed by atoms with E-state index in [0.717, 1.165) is 12.8 Å². The van der Waals surface area contributed by atoms with Crippen molar-refractivity contribution in [3.63, 3.8) is 0 Å². The SMILES string of the molecule is CC(=O)c1ccc(OCC2CCC(C)(C)O2)cc1F. The minimum Gasteiger partial charge on any atom is -0.491 e. The molecule has 0 aliphatic carbocycles. The van der Waals surface area contributed by atoms with Crippen LogP contribution in [0.5, 0.6) is 5.75 Å². The highest BCUT2D eigenvalue weighted by Crippen LogP contribution is 2.29. The van der Waals surface area contributed by atoms with Crippen molar-refractivity contribution in [1.29, 1.82) is 0 Å². The van der Waals surface area contributed by atoms with Gasteiger partial charge < -0.3 is 9.47 Å². The normalized spacial score (nSPS) is 21.4. The molecule has 1 fully saturated rings. The number of halogens is 1. The third kappa shape index (κ3) is 3.53. The first-order chi connectivity index (χ1) is 8.87. The predicted octanol–water partition coefficient (Wildman–Crippen LogP) is 3.36. The van der Waals surface area contributed by atoms with Crippen LogP contribution in [-0.2, 0) is 4.74 Å². The molecule has 0 spiro atoms. The minimum absolute atomic E-state index is 0.0468. The van der Waals surface area contributed by atoms with Crippen molar-refractivity contribution < 1.29 is 18.7 Å². The van der Waals surface area contributed by atoms with Gasteiger partial charge in [0.1, 0.15) is 18.2 Å². The fourth-order valence-electron chi connectivity index (χ4n) is 2.26. The summed E-state index contributed by atoms with van der Waals surface area (Å²) >= 11 is 0. The van der Waals surface area contributed by atoms with Gasteiger partial charge in [-0.1, -0.05) is 0 Å². The van der Waals surface area contributed by atoms with Gasteiger partial charge in [0, 0.05) is 6.07 Å². The number of carbonyl (C=O) groups is 1. The van der Waals surface area contributed by atoms with Crippen LogP contribution >= 0.6 is 0 Å². The van der Waals surface area contributed by atoms with Crippen LogP contribution in [0.15, 0.2) is 18.2 Å². The van der Waals surface area contributed by atoms with E-state index in [1.807, 2.05) is 13.8 Å². The molecule has 19 heavy (non-hydrogen) atoms. The van der Waals surface area contributed by atoms with Crippen LogP contribution in [0.1, 0.15) is 44.0 Å². The summed E-state index contributed by atoms with van der Waals surface area (Å²) in [5, 5.41) is 0. The molecule has 1 heterocycles. The number of rotatable bonds is 4. The summed E-state index contributed by atoms with van der Waals surface area (Å²) in [6.45, 7) is 5.85. The highest BCUT2D eigenvalue weighted by atomic mass is 19.1. The van der Waals surface area contributed by atoms with Gasteiger partial charge in [0.15, 0.2) is 5.78 Å². The van der Waals surface area contributed by atoms with Gasteiger partial charge in [-0.3, -0.25) is 4.79 Å². The molecule has 0 radical (unpaired) electrons. The maximum atomic E-state index is 13.6. The van der Waals surface area contributed by atoms with E-state index in [1.54, 1.807) is 6.07 Å². The van der Waals surface area contributed by atoms with Gasteiger partial charge in [0.25, 0.3) is 0 Å². The molecule has 4 heteroatoms. The summed E-state index contributed by atoms with van der Waals surface area (Å²) in [5.41, 5.74) is -0.0109. The lowest BCUT2D eigenvalue weighted by atomic mass is 10.1. The second kappa shape index (κ2) is 5.29. The number of Topliss-reactive ketones (excluding diaryl/α,β-unsaturated/α-hetero) is 1. The van der Waals surface area contributed by atoms with Crippen molar-refractivity contribution in [3.05, 3.63) is 29.6 Å². The smallest absolute Gasteiger partial charge is 0.162 e. The number of carbonyl (C=O) groups excluding carboxylic acids is 1. The van der Waals surface area contributed by atoms with E-state index in [4.69, 9.17) is 9.47 Å². The monoisotopic (exact) mass is 266 g/mol. The number of ketones is 1. The molecule has 2 rings (SSSR count). The third-order valence-corrected chi connectivity index (χ3v) is 3.31. The molecule has 1 unspecified atom stereocenters. The molecular formula is C15H19FO3. The van der Waals surface area contributed by atoms with Crippen LogP contribution in [0.2, 0.25) is 0 Å². The quantitative estimate of drug-likeness (QED) is 0.784. The summed E-state index contributed by atoms with van der Waals surface area (Å²) in [7, 11) is 0. The average Bonchev–Trinajstić information content (AvgIpc) is 2.66. The Morgan fingerprint density at radius 2 is 2.26 bits per heavy atom. The van der Waals surface area contributed by atoms with Crippen molar-refractivity contribution in [2.75, 3.05) is 6.61 Å². The van der Waals surface area contributed by atoms with Gasteiger partial charge in [0.05, 0.1) is 17.3 Å². The van der Waals surface area contributed by atoms with Crippen molar-refractivity contribution in [2.24, 2.45) is 0 Å². The highest BCUT2D eigenvalue weighted by Gasteiger charge is 2.31. The van der Waals surface area contributed by atoms with Crippen molar-refractivity contribution in [1.82, 2.24) is 0 Å². The lowest BCUT2D eigenvalue weighted by molar-refractivity contribution is -0.0327.